The average molecular weight is 338 g/mol. The Hall–Kier alpha value is -3.39. The number of benzene rings is 3. The molecule has 2 heteroatoms. The first kappa shape index (κ1) is 17.4. The van der Waals surface area contributed by atoms with E-state index >= 15 is 0 Å². The molecule has 3 rings (SSSR count). The Bertz CT molecular complexity index is 982. The monoisotopic (exact) mass is 338 g/mol. The van der Waals surface area contributed by atoms with E-state index in [1.807, 2.05) is 85.8 Å². The summed E-state index contributed by atoms with van der Waals surface area (Å²) in [5.41, 5.74) is 13.1. The van der Waals surface area contributed by atoms with Gasteiger partial charge in [-0.2, -0.15) is 0 Å². The molecular weight excluding hydrogens is 316 g/mol. The van der Waals surface area contributed by atoms with Gasteiger partial charge in [0.05, 0.1) is 5.71 Å². The number of nitrogen functional groups attached to an aromatic ring is 1. The van der Waals surface area contributed by atoms with Crippen molar-refractivity contribution in [3.8, 4) is 0 Å². The van der Waals surface area contributed by atoms with Gasteiger partial charge in [-0.05, 0) is 53.0 Å². The highest BCUT2D eigenvalue weighted by Gasteiger charge is 2.07. The third-order valence-corrected chi connectivity index (χ3v) is 4.34. The molecule has 3 aromatic carbocycles. The summed E-state index contributed by atoms with van der Waals surface area (Å²) in [6.45, 7) is 6.23. The highest BCUT2D eigenvalue weighted by molar-refractivity contribution is 6.09. The fraction of sp³-hybridized carbons (Fsp3) is 0.0417. The van der Waals surface area contributed by atoms with Gasteiger partial charge in [0.2, 0.25) is 0 Å². The molecule has 26 heavy (non-hydrogen) atoms. The van der Waals surface area contributed by atoms with Crippen LogP contribution in [0, 0.1) is 12.3 Å². The zero-order valence-corrected chi connectivity index (χ0v) is 14.9. The van der Waals surface area contributed by atoms with Crippen LogP contribution in [0.15, 0.2) is 85.5 Å². The van der Waals surface area contributed by atoms with Crippen LogP contribution < -0.4 is 5.73 Å². The molecule has 0 heterocycles. The molecule has 0 aliphatic rings. The first-order valence-corrected chi connectivity index (χ1v) is 8.52. The Morgan fingerprint density at radius 3 is 2.35 bits per heavy atom. The van der Waals surface area contributed by atoms with Gasteiger partial charge in [0.1, 0.15) is 0 Å². The lowest BCUT2D eigenvalue weighted by atomic mass is 9.94. The van der Waals surface area contributed by atoms with Crippen LogP contribution in [0.5, 0.6) is 0 Å². The number of nitrogens with two attached hydrogens (primary N) is 1. The lowest BCUT2D eigenvalue weighted by molar-refractivity contribution is 1.39. The summed E-state index contributed by atoms with van der Waals surface area (Å²) in [6.07, 6.45) is 3.80. The largest absolute Gasteiger partial charge is 0.399 e. The number of aryl methyl sites for hydroxylation is 1. The van der Waals surface area contributed by atoms with E-state index in [1.165, 1.54) is 0 Å². The van der Waals surface area contributed by atoms with Crippen LogP contribution in [-0.2, 0) is 0 Å². The van der Waals surface area contributed by atoms with E-state index in [9.17, 15) is 0 Å². The lowest BCUT2D eigenvalue weighted by Crippen LogP contribution is -1.99. The van der Waals surface area contributed by atoms with Gasteiger partial charge in [-0.25, -0.2) is 0 Å². The normalized spacial score (nSPS) is 10.8. The second kappa shape index (κ2) is 7.66. The van der Waals surface area contributed by atoms with Crippen molar-refractivity contribution in [2.45, 2.75) is 6.92 Å². The van der Waals surface area contributed by atoms with Crippen LogP contribution in [-0.4, -0.2) is 5.71 Å². The molecule has 0 aliphatic carbocycles. The predicted octanol–water partition coefficient (Wildman–Crippen LogP) is 5.72. The number of allylic oxidation sites excluding steroid dienone is 1. The fourth-order valence-corrected chi connectivity index (χ4v) is 2.88. The number of nitrogens with one attached hydrogen (secondary N) is 1. The van der Waals surface area contributed by atoms with Crippen LogP contribution in [0.2, 0.25) is 0 Å². The van der Waals surface area contributed by atoms with Crippen molar-refractivity contribution in [1.29, 1.82) is 5.41 Å². The molecule has 0 amide bonds. The van der Waals surface area contributed by atoms with Crippen LogP contribution in [0.3, 0.4) is 0 Å². The van der Waals surface area contributed by atoms with Crippen molar-refractivity contribution in [3.05, 3.63) is 113 Å². The van der Waals surface area contributed by atoms with Crippen molar-refractivity contribution in [1.82, 2.24) is 0 Å². The zero-order chi connectivity index (χ0) is 18.5. The molecule has 0 spiro atoms. The molecule has 0 saturated carbocycles. The fourth-order valence-electron chi connectivity index (χ4n) is 2.88. The first-order valence-electron chi connectivity index (χ1n) is 8.52. The van der Waals surface area contributed by atoms with Crippen LogP contribution in [0.1, 0.15) is 27.8 Å². The molecule has 0 aliphatic heterocycles. The maximum Gasteiger partial charge on any atom is 0.0615 e. The molecule has 3 aromatic rings. The van der Waals surface area contributed by atoms with E-state index in [-0.39, 0.29) is 0 Å². The van der Waals surface area contributed by atoms with Gasteiger partial charge in [0.25, 0.3) is 0 Å². The zero-order valence-electron chi connectivity index (χ0n) is 14.9. The van der Waals surface area contributed by atoms with E-state index < -0.39 is 0 Å². The van der Waals surface area contributed by atoms with E-state index in [4.69, 9.17) is 11.1 Å². The van der Waals surface area contributed by atoms with E-state index in [0.717, 1.165) is 39.1 Å². The number of hydrogen-bond donors (Lipinski definition) is 2. The second-order valence-electron chi connectivity index (χ2n) is 6.29. The molecule has 128 valence electrons. The molecule has 0 atom stereocenters. The maximum atomic E-state index is 8.36. The Morgan fingerprint density at radius 1 is 0.923 bits per heavy atom. The first-order chi connectivity index (χ1) is 12.5. The van der Waals surface area contributed by atoms with Gasteiger partial charge in [0.15, 0.2) is 0 Å². The van der Waals surface area contributed by atoms with Gasteiger partial charge >= 0.3 is 0 Å². The van der Waals surface area contributed by atoms with Crippen LogP contribution >= 0.6 is 0 Å². The van der Waals surface area contributed by atoms with E-state index in [1.54, 1.807) is 0 Å². The van der Waals surface area contributed by atoms with Gasteiger partial charge in [-0.3, -0.25) is 0 Å². The molecule has 0 unspecified atom stereocenters. The Balaban J connectivity index is 1.82. The lowest BCUT2D eigenvalue weighted by Gasteiger charge is -2.11. The Kier molecular flexibility index (Phi) is 5.14. The molecule has 0 radical (unpaired) electrons. The van der Waals surface area contributed by atoms with Crippen molar-refractivity contribution in [2.24, 2.45) is 0 Å². The highest BCUT2D eigenvalue weighted by atomic mass is 14.5. The molecule has 0 bridgehead atoms. The standard InChI is InChI=1S/C24H22N2/c1-17-15-21(18(2)20-9-6-10-22(25)16-20)12-13-23(17)24(26)14-11-19-7-4-3-5-8-19/h3-16,26H,2,25H2,1H3/b14-11+,26-24?. The summed E-state index contributed by atoms with van der Waals surface area (Å²) in [4.78, 5) is 0. The molecule has 0 saturated heterocycles. The van der Waals surface area contributed by atoms with Crippen LogP contribution in [0.4, 0.5) is 5.69 Å². The number of hydrogen-bond acceptors (Lipinski definition) is 2. The van der Waals surface area contributed by atoms with Crippen molar-refractivity contribution in [2.75, 3.05) is 5.73 Å². The molecular formula is C24H22N2. The minimum atomic E-state index is 0.493. The summed E-state index contributed by atoms with van der Waals surface area (Å²) < 4.78 is 0. The van der Waals surface area contributed by atoms with Crippen LogP contribution in [0.25, 0.3) is 11.6 Å². The van der Waals surface area contributed by atoms with Gasteiger partial charge in [-0.1, -0.05) is 73.3 Å². The smallest absolute Gasteiger partial charge is 0.0615 e. The van der Waals surface area contributed by atoms with Crippen molar-refractivity contribution < 1.29 is 0 Å². The maximum absolute atomic E-state index is 8.36. The van der Waals surface area contributed by atoms with Crippen molar-refractivity contribution in [3.63, 3.8) is 0 Å². The summed E-state index contributed by atoms with van der Waals surface area (Å²) in [5, 5.41) is 8.36. The third-order valence-electron chi connectivity index (χ3n) is 4.34. The summed E-state index contributed by atoms with van der Waals surface area (Å²) in [7, 11) is 0. The minimum absolute atomic E-state index is 0.493. The number of rotatable bonds is 5. The Morgan fingerprint density at radius 2 is 1.65 bits per heavy atom. The topological polar surface area (TPSA) is 49.9 Å². The minimum Gasteiger partial charge on any atom is -0.399 e. The molecule has 3 N–H and O–H groups in total. The van der Waals surface area contributed by atoms with Gasteiger partial charge < -0.3 is 11.1 Å². The molecule has 0 aromatic heterocycles. The van der Waals surface area contributed by atoms with E-state index in [0.29, 0.717) is 5.71 Å². The van der Waals surface area contributed by atoms with Crippen molar-refractivity contribution >= 4 is 23.0 Å². The van der Waals surface area contributed by atoms with E-state index in [2.05, 4.69) is 12.6 Å². The molecule has 2 nitrogen and oxygen atoms in total. The quantitative estimate of drug-likeness (QED) is 0.453. The van der Waals surface area contributed by atoms with Gasteiger partial charge in [0, 0.05) is 11.3 Å². The summed E-state index contributed by atoms with van der Waals surface area (Å²) in [6, 6.07) is 23.8. The SMILES string of the molecule is C=C(c1cccc(N)c1)c1ccc(C(=N)/C=C/c2ccccc2)c(C)c1. The summed E-state index contributed by atoms with van der Waals surface area (Å²) in [5.74, 6) is 0. The third kappa shape index (κ3) is 3.98. The second-order valence-corrected chi connectivity index (χ2v) is 6.29. The summed E-state index contributed by atoms with van der Waals surface area (Å²) >= 11 is 0. The molecule has 0 fully saturated rings. The highest BCUT2D eigenvalue weighted by Crippen LogP contribution is 2.25. The Labute approximate surface area is 154 Å². The predicted molar refractivity (Wildman–Crippen MR) is 112 cm³/mol. The average Bonchev–Trinajstić information content (AvgIpc) is 2.66. The van der Waals surface area contributed by atoms with Gasteiger partial charge in [-0.15, -0.1) is 0 Å². The number of anilines is 1.